The van der Waals surface area contributed by atoms with Crippen LogP contribution in [0.2, 0.25) is 0 Å². The lowest BCUT2D eigenvalue weighted by Crippen LogP contribution is -2.19. The zero-order chi connectivity index (χ0) is 15.1. The lowest BCUT2D eigenvalue weighted by molar-refractivity contribution is 0.0955. The Balaban J connectivity index is 2.01. The van der Waals surface area contributed by atoms with Crippen LogP contribution in [0.25, 0.3) is 0 Å². The van der Waals surface area contributed by atoms with Crippen LogP contribution in [-0.2, 0) is 0 Å². The van der Waals surface area contributed by atoms with Crippen molar-refractivity contribution in [3.63, 3.8) is 0 Å². The van der Waals surface area contributed by atoms with Crippen molar-refractivity contribution < 1.29 is 9.53 Å². The van der Waals surface area contributed by atoms with E-state index in [-0.39, 0.29) is 5.91 Å². The molecule has 0 saturated heterocycles. The molecular weight excluding hydrogens is 264 g/mol. The standard InChI is InChI=1S/C17H18N2O2/c1-3-21-16-11-9-15(10-12-16)17(20)19-18-13(2)14-7-5-4-6-8-14/h4-12H,3H2,1-2H3,(H,19,20)/b18-13+. The minimum atomic E-state index is -0.242. The van der Waals surface area contributed by atoms with Crippen molar-refractivity contribution in [3.8, 4) is 5.75 Å². The summed E-state index contributed by atoms with van der Waals surface area (Å²) in [5, 5.41) is 4.12. The summed E-state index contributed by atoms with van der Waals surface area (Å²) in [6.45, 7) is 4.38. The number of ether oxygens (including phenoxy) is 1. The third-order valence-electron chi connectivity index (χ3n) is 2.94. The van der Waals surface area contributed by atoms with E-state index < -0.39 is 0 Å². The molecule has 1 amide bonds. The van der Waals surface area contributed by atoms with Crippen LogP contribution in [-0.4, -0.2) is 18.2 Å². The van der Waals surface area contributed by atoms with Crippen molar-refractivity contribution in [2.75, 3.05) is 6.61 Å². The number of nitrogens with zero attached hydrogens (tertiary/aromatic N) is 1. The Hall–Kier alpha value is -2.62. The summed E-state index contributed by atoms with van der Waals surface area (Å²) in [7, 11) is 0. The molecule has 0 aromatic heterocycles. The summed E-state index contributed by atoms with van der Waals surface area (Å²) in [6.07, 6.45) is 0. The van der Waals surface area contributed by atoms with E-state index in [2.05, 4.69) is 10.5 Å². The molecule has 0 aliphatic heterocycles. The summed E-state index contributed by atoms with van der Waals surface area (Å²) in [6, 6.07) is 16.7. The van der Waals surface area contributed by atoms with Gasteiger partial charge in [0.15, 0.2) is 0 Å². The van der Waals surface area contributed by atoms with Gasteiger partial charge >= 0.3 is 0 Å². The largest absolute Gasteiger partial charge is 0.494 e. The Morgan fingerprint density at radius 2 is 1.71 bits per heavy atom. The monoisotopic (exact) mass is 282 g/mol. The molecule has 0 saturated carbocycles. The lowest BCUT2D eigenvalue weighted by Gasteiger charge is -2.05. The molecule has 0 radical (unpaired) electrons. The van der Waals surface area contributed by atoms with Gasteiger partial charge in [0.05, 0.1) is 12.3 Å². The van der Waals surface area contributed by atoms with Crippen molar-refractivity contribution in [2.24, 2.45) is 5.10 Å². The Morgan fingerprint density at radius 1 is 1.05 bits per heavy atom. The lowest BCUT2D eigenvalue weighted by atomic mass is 10.1. The second kappa shape index (κ2) is 7.24. The number of amides is 1. The number of rotatable bonds is 5. The molecule has 1 N–H and O–H groups in total. The highest BCUT2D eigenvalue weighted by Crippen LogP contribution is 2.12. The van der Waals surface area contributed by atoms with Gasteiger partial charge in [0.25, 0.3) is 5.91 Å². The fraction of sp³-hybridized carbons (Fsp3) is 0.176. The van der Waals surface area contributed by atoms with E-state index in [1.807, 2.05) is 44.2 Å². The summed E-state index contributed by atoms with van der Waals surface area (Å²) in [4.78, 5) is 12.0. The van der Waals surface area contributed by atoms with Gasteiger partial charge in [-0.15, -0.1) is 0 Å². The van der Waals surface area contributed by atoms with Gasteiger partial charge in [-0.05, 0) is 43.7 Å². The van der Waals surface area contributed by atoms with E-state index in [0.29, 0.717) is 12.2 Å². The first-order chi connectivity index (χ1) is 10.2. The Kier molecular flexibility index (Phi) is 5.10. The van der Waals surface area contributed by atoms with Gasteiger partial charge in [-0.3, -0.25) is 4.79 Å². The topological polar surface area (TPSA) is 50.7 Å². The summed E-state index contributed by atoms with van der Waals surface area (Å²) < 4.78 is 5.34. The number of hydrogen-bond donors (Lipinski definition) is 1. The molecule has 2 rings (SSSR count). The highest BCUT2D eigenvalue weighted by molar-refractivity contribution is 6.00. The predicted molar refractivity (Wildman–Crippen MR) is 83.7 cm³/mol. The quantitative estimate of drug-likeness (QED) is 0.676. The summed E-state index contributed by atoms with van der Waals surface area (Å²) >= 11 is 0. The molecule has 0 spiro atoms. The molecule has 0 fully saturated rings. The molecule has 0 aliphatic rings. The number of hydrazone groups is 1. The molecule has 4 nitrogen and oxygen atoms in total. The minimum Gasteiger partial charge on any atom is -0.494 e. The van der Waals surface area contributed by atoms with Gasteiger partial charge in [-0.2, -0.15) is 5.10 Å². The van der Waals surface area contributed by atoms with E-state index in [9.17, 15) is 4.79 Å². The molecule has 21 heavy (non-hydrogen) atoms. The summed E-state index contributed by atoms with van der Waals surface area (Å²) in [5.74, 6) is 0.506. The fourth-order valence-electron chi connectivity index (χ4n) is 1.81. The van der Waals surface area contributed by atoms with Gasteiger partial charge in [0, 0.05) is 5.56 Å². The predicted octanol–water partition coefficient (Wildman–Crippen LogP) is 3.24. The average molecular weight is 282 g/mol. The number of carbonyl (C=O) groups excluding carboxylic acids is 1. The van der Waals surface area contributed by atoms with Crippen LogP contribution in [0.3, 0.4) is 0 Å². The van der Waals surface area contributed by atoms with Crippen molar-refractivity contribution in [2.45, 2.75) is 13.8 Å². The molecule has 2 aromatic carbocycles. The first-order valence-corrected chi connectivity index (χ1v) is 6.83. The first-order valence-electron chi connectivity index (χ1n) is 6.83. The van der Waals surface area contributed by atoms with E-state index in [0.717, 1.165) is 17.0 Å². The number of hydrogen-bond acceptors (Lipinski definition) is 3. The fourth-order valence-corrected chi connectivity index (χ4v) is 1.81. The molecular formula is C17H18N2O2. The highest BCUT2D eigenvalue weighted by Gasteiger charge is 2.05. The normalized spacial score (nSPS) is 11.0. The van der Waals surface area contributed by atoms with Gasteiger partial charge in [0.2, 0.25) is 0 Å². The molecule has 0 unspecified atom stereocenters. The van der Waals surface area contributed by atoms with Crippen LogP contribution in [0, 0.1) is 0 Å². The van der Waals surface area contributed by atoms with Gasteiger partial charge in [0.1, 0.15) is 5.75 Å². The van der Waals surface area contributed by atoms with Crippen LogP contribution in [0.5, 0.6) is 5.75 Å². The van der Waals surface area contributed by atoms with E-state index >= 15 is 0 Å². The number of nitrogens with one attached hydrogen (secondary N) is 1. The SMILES string of the molecule is CCOc1ccc(C(=O)N/N=C(\C)c2ccccc2)cc1. The Bertz CT molecular complexity index is 619. The number of benzene rings is 2. The maximum Gasteiger partial charge on any atom is 0.271 e. The van der Waals surface area contributed by atoms with E-state index in [1.54, 1.807) is 24.3 Å². The smallest absolute Gasteiger partial charge is 0.271 e. The average Bonchev–Trinajstić information content (AvgIpc) is 2.54. The molecule has 0 aliphatic carbocycles. The molecule has 4 heteroatoms. The molecule has 0 bridgehead atoms. The van der Waals surface area contributed by atoms with Crippen molar-refractivity contribution >= 4 is 11.6 Å². The van der Waals surface area contributed by atoms with E-state index in [4.69, 9.17) is 4.74 Å². The zero-order valence-electron chi connectivity index (χ0n) is 12.2. The van der Waals surface area contributed by atoms with Crippen LogP contribution in [0.4, 0.5) is 0 Å². The van der Waals surface area contributed by atoms with Crippen molar-refractivity contribution in [1.82, 2.24) is 5.43 Å². The molecule has 108 valence electrons. The first kappa shape index (κ1) is 14.8. The molecule has 0 heterocycles. The zero-order valence-corrected chi connectivity index (χ0v) is 12.2. The van der Waals surface area contributed by atoms with Crippen molar-refractivity contribution in [3.05, 3.63) is 65.7 Å². The highest BCUT2D eigenvalue weighted by atomic mass is 16.5. The second-order valence-corrected chi connectivity index (χ2v) is 4.46. The third kappa shape index (κ3) is 4.18. The van der Waals surface area contributed by atoms with Crippen LogP contribution >= 0.6 is 0 Å². The summed E-state index contributed by atoms with van der Waals surface area (Å²) in [5.41, 5.74) is 4.84. The minimum absolute atomic E-state index is 0.242. The number of carbonyl (C=O) groups is 1. The third-order valence-corrected chi connectivity index (χ3v) is 2.94. The van der Waals surface area contributed by atoms with Gasteiger partial charge < -0.3 is 4.74 Å². The van der Waals surface area contributed by atoms with Crippen LogP contribution in [0.1, 0.15) is 29.8 Å². The molecule has 0 atom stereocenters. The van der Waals surface area contributed by atoms with E-state index in [1.165, 1.54) is 0 Å². The van der Waals surface area contributed by atoms with Gasteiger partial charge in [-0.1, -0.05) is 30.3 Å². The van der Waals surface area contributed by atoms with Crippen LogP contribution < -0.4 is 10.2 Å². The molecule has 2 aromatic rings. The van der Waals surface area contributed by atoms with Crippen molar-refractivity contribution in [1.29, 1.82) is 0 Å². The second-order valence-electron chi connectivity index (χ2n) is 4.46. The van der Waals surface area contributed by atoms with Crippen LogP contribution in [0.15, 0.2) is 59.7 Å². The van der Waals surface area contributed by atoms with Gasteiger partial charge in [-0.25, -0.2) is 5.43 Å². The maximum atomic E-state index is 12.0. The Labute approximate surface area is 124 Å². The Morgan fingerprint density at radius 3 is 2.33 bits per heavy atom. The maximum absolute atomic E-state index is 12.0.